The standard InChI is InChI=1S/C11H17F3N2O4/c12-11(13,14)10(17)20-16-5-8(6-16)15-19-7-9-3-1-2-4-18-9/h8-9,15H,1-7H2/t9-/m0/s1. The van der Waals surface area contributed by atoms with Gasteiger partial charge in [0.1, 0.15) is 0 Å². The molecule has 2 heterocycles. The van der Waals surface area contributed by atoms with Crippen molar-refractivity contribution in [1.82, 2.24) is 10.5 Å². The Bertz CT molecular complexity index is 328. The zero-order chi connectivity index (χ0) is 14.6. The quantitative estimate of drug-likeness (QED) is 0.757. The van der Waals surface area contributed by atoms with Gasteiger partial charge in [0.2, 0.25) is 0 Å². The highest BCUT2D eigenvalue weighted by atomic mass is 19.4. The van der Waals surface area contributed by atoms with Gasteiger partial charge in [-0.1, -0.05) is 0 Å². The Kier molecular flexibility index (Phi) is 5.19. The minimum absolute atomic E-state index is 0.0653. The van der Waals surface area contributed by atoms with Crippen LogP contribution in [-0.4, -0.2) is 55.7 Å². The Labute approximate surface area is 114 Å². The summed E-state index contributed by atoms with van der Waals surface area (Å²) in [4.78, 5) is 19.9. The van der Waals surface area contributed by atoms with Gasteiger partial charge in [0, 0.05) is 6.61 Å². The summed E-state index contributed by atoms with van der Waals surface area (Å²) in [5.74, 6) is -2.20. The van der Waals surface area contributed by atoms with Gasteiger partial charge in [0.15, 0.2) is 0 Å². The van der Waals surface area contributed by atoms with Crippen molar-refractivity contribution in [1.29, 1.82) is 0 Å². The van der Waals surface area contributed by atoms with Crippen molar-refractivity contribution in [2.75, 3.05) is 26.3 Å². The predicted octanol–water partition coefficient (Wildman–Crippen LogP) is 0.781. The van der Waals surface area contributed by atoms with Crippen LogP contribution in [0.5, 0.6) is 0 Å². The topological polar surface area (TPSA) is 60.0 Å². The maximum absolute atomic E-state index is 11.9. The van der Waals surface area contributed by atoms with Crippen LogP contribution in [0.3, 0.4) is 0 Å². The minimum atomic E-state index is -4.96. The van der Waals surface area contributed by atoms with Crippen LogP contribution in [0, 0.1) is 0 Å². The van der Waals surface area contributed by atoms with E-state index in [0.29, 0.717) is 6.61 Å². The van der Waals surface area contributed by atoms with E-state index >= 15 is 0 Å². The summed E-state index contributed by atoms with van der Waals surface area (Å²) in [5, 5.41) is 0.938. The molecule has 0 bridgehead atoms. The van der Waals surface area contributed by atoms with E-state index < -0.39 is 12.1 Å². The third-order valence-corrected chi connectivity index (χ3v) is 3.08. The van der Waals surface area contributed by atoms with Crippen LogP contribution in [0.15, 0.2) is 0 Å². The van der Waals surface area contributed by atoms with Crippen LogP contribution in [0.2, 0.25) is 0 Å². The van der Waals surface area contributed by atoms with Crippen LogP contribution >= 0.6 is 0 Å². The Morgan fingerprint density at radius 2 is 2.10 bits per heavy atom. The molecule has 0 aliphatic carbocycles. The monoisotopic (exact) mass is 298 g/mol. The third-order valence-electron chi connectivity index (χ3n) is 3.08. The first-order valence-electron chi connectivity index (χ1n) is 6.48. The van der Waals surface area contributed by atoms with E-state index in [-0.39, 0.29) is 25.2 Å². The molecule has 2 aliphatic rings. The van der Waals surface area contributed by atoms with Gasteiger partial charge < -0.3 is 9.57 Å². The lowest BCUT2D eigenvalue weighted by atomic mass is 10.1. The highest BCUT2D eigenvalue weighted by molar-refractivity contribution is 5.75. The van der Waals surface area contributed by atoms with Crippen LogP contribution in [0.4, 0.5) is 13.2 Å². The fourth-order valence-corrected chi connectivity index (χ4v) is 1.95. The molecule has 0 aromatic heterocycles. The number of nitrogens with zero attached hydrogens (tertiary/aromatic N) is 1. The molecule has 6 nitrogen and oxygen atoms in total. The van der Waals surface area contributed by atoms with Crippen LogP contribution in [0.25, 0.3) is 0 Å². The molecule has 1 N–H and O–H groups in total. The second kappa shape index (κ2) is 6.70. The van der Waals surface area contributed by atoms with Crippen molar-refractivity contribution in [2.24, 2.45) is 0 Å². The molecule has 1 atom stereocenters. The Hall–Kier alpha value is -0.900. The number of nitrogens with one attached hydrogen (secondary N) is 1. The zero-order valence-electron chi connectivity index (χ0n) is 10.8. The van der Waals surface area contributed by atoms with Crippen molar-refractivity contribution >= 4 is 5.97 Å². The zero-order valence-corrected chi connectivity index (χ0v) is 10.8. The molecule has 116 valence electrons. The number of hydrogen-bond acceptors (Lipinski definition) is 6. The SMILES string of the molecule is O=C(ON1CC(NOC[C@@H]2CCCCO2)C1)C(F)(F)F. The molecule has 0 aromatic rings. The summed E-state index contributed by atoms with van der Waals surface area (Å²) in [7, 11) is 0. The lowest BCUT2D eigenvalue weighted by Gasteiger charge is -2.37. The fraction of sp³-hybridized carbons (Fsp3) is 0.909. The first-order valence-corrected chi connectivity index (χ1v) is 6.48. The molecule has 2 rings (SSSR count). The molecule has 0 aromatic carbocycles. The number of rotatable bonds is 5. The first-order chi connectivity index (χ1) is 9.45. The molecule has 0 amide bonds. The van der Waals surface area contributed by atoms with Gasteiger partial charge in [-0.3, -0.25) is 4.84 Å². The molecule has 20 heavy (non-hydrogen) atoms. The minimum Gasteiger partial charge on any atom is -0.376 e. The maximum Gasteiger partial charge on any atom is 0.492 e. The molecule has 2 saturated heterocycles. The Balaban J connectivity index is 1.52. The van der Waals surface area contributed by atoms with Gasteiger partial charge in [-0.15, -0.1) is 5.06 Å². The molecule has 2 aliphatic heterocycles. The molecule has 0 unspecified atom stereocenters. The smallest absolute Gasteiger partial charge is 0.376 e. The fourth-order valence-electron chi connectivity index (χ4n) is 1.95. The second-order valence-electron chi connectivity index (χ2n) is 4.84. The normalized spacial score (nSPS) is 25.2. The maximum atomic E-state index is 11.9. The van der Waals surface area contributed by atoms with E-state index in [0.717, 1.165) is 30.9 Å². The summed E-state index contributed by atoms with van der Waals surface area (Å²) < 4.78 is 41.2. The van der Waals surface area contributed by atoms with E-state index in [9.17, 15) is 18.0 Å². The molecular weight excluding hydrogens is 281 g/mol. The number of ether oxygens (including phenoxy) is 1. The van der Waals surface area contributed by atoms with Crippen molar-refractivity contribution in [3.63, 3.8) is 0 Å². The van der Waals surface area contributed by atoms with E-state index in [1.165, 1.54) is 0 Å². The second-order valence-corrected chi connectivity index (χ2v) is 4.84. The number of alkyl halides is 3. The average molecular weight is 298 g/mol. The number of hydrogen-bond donors (Lipinski definition) is 1. The number of halogens is 3. The number of carbonyl (C=O) groups is 1. The van der Waals surface area contributed by atoms with Crippen LogP contribution in [0.1, 0.15) is 19.3 Å². The van der Waals surface area contributed by atoms with Crippen molar-refractivity contribution in [2.45, 2.75) is 37.6 Å². The van der Waals surface area contributed by atoms with E-state index in [1.54, 1.807) is 0 Å². The van der Waals surface area contributed by atoms with Crippen LogP contribution in [-0.2, 0) is 19.2 Å². The lowest BCUT2D eigenvalue weighted by Crippen LogP contribution is -2.59. The van der Waals surface area contributed by atoms with E-state index in [2.05, 4.69) is 10.3 Å². The van der Waals surface area contributed by atoms with Gasteiger partial charge in [0.25, 0.3) is 0 Å². The van der Waals surface area contributed by atoms with Crippen molar-refractivity contribution in [3.8, 4) is 0 Å². The number of hydroxylamine groups is 3. The predicted molar refractivity (Wildman–Crippen MR) is 60.2 cm³/mol. The summed E-state index contributed by atoms with van der Waals surface area (Å²) in [6, 6.07) is -0.153. The summed E-state index contributed by atoms with van der Waals surface area (Å²) in [6.07, 6.45) is -1.78. The first kappa shape index (κ1) is 15.5. The van der Waals surface area contributed by atoms with Crippen molar-refractivity contribution in [3.05, 3.63) is 0 Å². The molecule has 0 saturated carbocycles. The Morgan fingerprint density at radius 1 is 1.35 bits per heavy atom. The third kappa shape index (κ3) is 4.58. The van der Waals surface area contributed by atoms with E-state index in [4.69, 9.17) is 9.57 Å². The van der Waals surface area contributed by atoms with Gasteiger partial charge in [-0.2, -0.15) is 18.7 Å². The largest absolute Gasteiger partial charge is 0.492 e. The average Bonchev–Trinajstić information content (AvgIpc) is 2.35. The molecule has 0 spiro atoms. The Morgan fingerprint density at radius 3 is 2.70 bits per heavy atom. The summed E-state index contributed by atoms with van der Waals surface area (Å²) >= 11 is 0. The van der Waals surface area contributed by atoms with Gasteiger partial charge >= 0.3 is 12.1 Å². The van der Waals surface area contributed by atoms with Gasteiger partial charge in [0.05, 0.1) is 31.8 Å². The molecule has 2 fully saturated rings. The molecule has 9 heteroatoms. The molecule has 0 radical (unpaired) electrons. The van der Waals surface area contributed by atoms with E-state index in [1.807, 2.05) is 0 Å². The van der Waals surface area contributed by atoms with Gasteiger partial charge in [-0.25, -0.2) is 4.79 Å². The lowest BCUT2D eigenvalue weighted by molar-refractivity contribution is -0.259. The highest BCUT2D eigenvalue weighted by Gasteiger charge is 2.44. The highest BCUT2D eigenvalue weighted by Crippen LogP contribution is 2.19. The van der Waals surface area contributed by atoms with Crippen LogP contribution < -0.4 is 5.48 Å². The summed E-state index contributed by atoms with van der Waals surface area (Å²) in [5.41, 5.74) is 2.71. The van der Waals surface area contributed by atoms with Crippen molar-refractivity contribution < 1.29 is 32.4 Å². The molecular formula is C11H17F3N2O4. The van der Waals surface area contributed by atoms with Gasteiger partial charge in [-0.05, 0) is 19.3 Å². The number of carbonyl (C=O) groups excluding carboxylic acids is 1. The summed E-state index contributed by atoms with van der Waals surface area (Å²) in [6.45, 7) is 1.46.